The topological polar surface area (TPSA) is 69.7 Å². The molecule has 112 valence electrons. The second kappa shape index (κ2) is 6.06. The Morgan fingerprint density at radius 3 is 2.16 bits per heavy atom. The molecule has 0 unspecified atom stereocenters. The van der Waals surface area contributed by atoms with E-state index in [1.807, 2.05) is 5.32 Å². The smallest absolute Gasteiger partial charge is 0.339 e. The molecule has 0 aliphatic carbocycles. The van der Waals surface area contributed by atoms with E-state index in [9.17, 15) is 26.4 Å². The lowest BCUT2D eigenvalue weighted by molar-refractivity contribution is -0.135. The molecule has 1 aliphatic heterocycles. The number of piperazine rings is 1. The average Bonchev–Trinajstić information content (AvgIpc) is 2.26. The standard InChI is InChI=1S/C9H16F3N3O3S/c1-19(17,18)15-4-2-14(3-5-15)8(16)6-13-7-9(10,11)12/h13H,2-7H2,1H3. The van der Waals surface area contributed by atoms with Crippen LogP contribution in [0.3, 0.4) is 0 Å². The van der Waals surface area contributed by atoms with Crippen LogP contribution in [0, 0.1) is 0 Å². The van der Waals surface area contributed by atoms with Gasteiger partial charge in [0.05, 0.1) is 19.3 Å². The lowest BCUT2D eigenvalue weighted by atomic mass is 10.3. The van der Waals surface area contributed by atoms with Crippen molar-refractivity contribution >= 4 is 15.9 Å². The zero-order valence-electron chi connectivity index (χ0n) is 10.4. The number of alkyl halides is 3. The maximum Gasteiger partial charge on any atom is 0.401 e. The molecule has 1 N–H and O–H groups in total. The number of amides is 1. The largest absolute Gasteiger partial charge is 0.401 e. The van der Waals surface area contributed by atoms with E-state index in [0.29, 0.717) is 0 Å². The van der Waals surface area contributed by atoms with Crippen LogP contribution >= 0.6 is 0 Å². The maximum atomic E-state index is 11.9. The van der Waals surface area contributed by atoms with Gasteiger partial charge in [0.2, 0.25) is 15.9 Å². The molecule has 0 radical (unpaired) electrons. The van der Waals surface area contributed by atoms with E-state index in [-0.39, 0.29) is 26.2 Å². The molecule has 1 rings (SSSR count). The van der Waals surface area contributed by atoms with Gasteiger partial charge >= 0.3 is 6.18 Å². The number of nitrogens with one attached hydrogen (secondary N) is 1. The summed E-state index contributed by atoms with van der Waals surface area (Å²) in [4.78, 5) is 12.9. The molecule has 0 spiro atoms. The Morgan fingerprint density at radius 1 is 1.21 bits per heavy atom. The van der Waals surface area contributed by atoms with Crippen LogP contribution in [0.2, 0.25) is 0 Å². The molecular formula is C9H16F3N3O3S. The van der Waals surface area contributed by atoms with Crippen LogP contribution in [-0.4, -0.2) is 75.2 Å². The van der Waals surface area contributed by atoms with Gasteiger partial charge in [0.15, 0.2) is 0 Å². The Balaban J connectivity index is 2.33. The van der Waals surface area contributed by atoms with Gasteiger partial charge in [0, 0.05) is 26.2 Å². The Kier molecular flexibility index (Phi) is 5.16. The Labute approximate surface area is 109 Å². The highest BCUT2D eigenvalue weighted by Gasteiger charge is 2.28. The van der Waals surface area contributed by atoms with E-state index in [0.717, 1.165) is 6.26 Å². The van der Waals surface area contributed by atoms with Crippen LogP contribution in [0.4, 0.5) is 13.2 Å². The summed E-state index contributed by atoms with van der Waals surface area (Å²) in [7, 11) is -3.28. The molecule has 1 amide bonds. The van der Waals surface area contributed by atoms with Crippen molar-refractivity contribution in [1.82, 2.24) is 14.5 Å². The lowest BCUT2D eigenvalue weighted by Gasteiger charge is -2.33. The van der Waals surface area contributed by atoms with E-state index in [2.05, 4.69) is 0 Å². The lowest BCUT2D eigenvalue weighted by Crippen LogP contribution is -2.52. The third-order valence-electron chi connectivity index (χ3n) is 2.66. The van der Waals surface area contributed by atoms with E-state index in [1.54, 1.807) is 0 Å². The van der Waals surface area contributed by atoms with Gasteiger partial charge in [0.25, 0.3) is 0 Å². The van der Waals surface area contributed by atoms with Crippen LogP contribution < -0.4 is 5.32 Å². The highest BCUT2D eigenvalue weighted by Crippen LogP contribution is 2.12. The Bertz CT molecular complexity index is 416. The number of hydrogen-bond donors (Lipinski definition) is 1. The fraction of sp³-hybridized carbons (Fsp3) is 0.889. The first-order valence-electron chi connectivity index (χ1n) is 5.60. The summed E-state index contributed by atoms with van der Waals surface area (Å²) in [5.41, 5.74) is 0. The normalized spacial score (nSPS) is 18.6. The van der Waals surface area contributed by atoms with E-state index >= 15 is 0 Å². The minimum Gasteiger partial charge on any atom is -0.339 e. The van der Waals surface area contributed by atoms with Gasteiger partial charge < -0.3 is 10.2 Å². The molecule has 0 bridgehead atoms. The summed E-state index contributed by atoms with van der Waals surface area (Å²) in [6.45, 7) is -0.896. The van der Waals surface area contributed by atoms with Crippen molar-refractivity contribution in [2.75, 3.05) is 45.5 Å². The highest BCUT2D eigenvalue weighted by molar-refractivity contribution is 7.88. The van der Waals surface area contributed by atoms with Crippen molar-refractivity contribution in [2.45, 2.75) is 6.18 Å². The number of sulfonamides is 1. The number of carbonyl (C=O) groups is 1. The van der Waals surface area contributed by atoms with Crippen molar-refractivity contribution in [3.63, 3.8) is 0 Å². The van der Waals surface area contributed by atoms with Crippen LogP contribution in [0.15, 0.2) is 0 Å². The quantitative estimate of drug-likeness (QED) is 0.741. The summed E-state index contributed by atoms with van der Waals surface area (Å²) in [6, 6.07) is 0. The molecule has 0 atom stereocenters. The molecule has 6 nitrogen and oxygen atoms in total. The predicted octanol–water partition coefficient (Wildman–Crippen LogP) is -0.758. The average molecular weight is 303 g/mol. The van der Waals surface area contributed by atoms with Crippen LogP contribution in [0.1, 0.15) is 0 Å². The highest BCUT2D eigenvalue weighted by atomic mass is 32.2. The molecule has 0 aromatic carbocycles. The molecule has 1 saturated heterocycles. The monoisotopic (exact) mass is 303 g/mol. The molecule has 10 heteroatoms. The first-order chi connectivity index (χ1) is 8.59. The van der Waals surface area contributed by atoms with Crippen molar-refractivity contribution in [3.05, 3.63) is 0 Å². The molecule has 1 fully saturated rings. The molecule has 0 saturated carbocycles. The summed E-state index contributed by atoms with van der Waals surface area (Å²) < 4.78 is 59.3. The number of carbonyl (C=O) groups excluding carboxylic acids is 1. The van der Waals surface area contributed by atoms with Crippen LogP contribution in [0.5, 0.6) is 0 Å². The van der Waals surface area contributed by atoms with Crippen LogP contribution in [-0.2, 0) is 14.8 Å². The van der Waals surface area contributed by atoms with Gasteiger partial charge in [-0.05, 0) is 0 Å². The minimum absolute atomic E-state index is 0.170. The summed E-state index contributed by atoms with van der Waals surface area (Å²) in [5, 5.41) is 2.02. The Morgan fingerprint density at radius 2 is 1.74 bits per heavy atom. The van der Waals surface area contributed by atoms with Gasteiger partial charge in [-0.1, -0.05) is 0 Å². The van der Waals surface area contributed by atoms with E-state index < -0.39 is 35.2 Å². The van der Waals surface area contributed by atoms with E-state index in [1.165, 1.54) is 9.21 Å². The van der Waals surface area contributed by atoms with Gasteiger partial charge in [-0.25, -0.2) is 8.42 Å². The Hall–Kier alpha value is -0.870. The van der Waals surface area contributed by atoms with E-state index in [4.69, 9.17) is 0 Å². The van der Waals surface area contributed by atoms with Crippen molar-refractivity contribution in [3.8, 4) is 0 Å². The second-order valence-corrected chi connectivity index (χ2v) is 6.24. The van der Waals surface area contributed by atoms with Crippen molar-refractivity contribution < 1.29 is 26.4 Å². The summed E-state index contributed by atoms with van der Waals surface area (Å²) in [6.07, 6.45) is -3.27. The van der Waals surface area contributed by atoms with Gasteiger partial charge in [0.1, 0.15) is 0 Å². The molecule has 0 aromatic rings. The fourth-order valence-electron chi connectivity index (χ4n) is 1.69. The van der Waals surface area contributed by atoms with Crippen molar-refractivity contribution in [1.29, 1.82) is 0 Å². The third kappa shape index (κ3) is 5.74. The van der Waals surface area contributed by atoms with Gasteiger partial charge in [-0.3, -0.25) is 4.79 Å². The SMILES string of the molecule is CS(=O)(=O)N1CCN(C(=O)CNCC(F)(F)F)CC1. The first kappa shape index (κ1) is 16.2. The predicted molar refractivity (Wildman–Crippen MR) is 61.9 cm³/mol. The zero-order valence-corrected chi connectivity index (χ0v) is 11.2. The first-order valence-corrected chi connectivity index (χ1v) is 7.45. The molecule has 1 aliphatic rings. The number of nitrogens with zero attached hydrogens (tertiary/aromatic N) is 2. The van der Waals surface area contributed by atoms with Gasteiger partial charge in [-0.2, -0.15) is 17.5 Å². The second-order valence-electron chi connectivity index (χ2n) is 4.26. The fourth-order valence-corrected chi connectivity index (χ4v) is 2.52. The molecule has 0 aromatic heterocycles. The molecule has 1 heterocycles. The number of hydrogen-bond acceptors (Lipinski definition) is 4. The van der Waals surface area contributed by atoms with Gasteiger partial charge in [-0.15, -0.1) is 0 Å². The molecular weight excluding hydrogens is 287 g/mol. The summed E-state index contributed by atoms with van der Waals surface area (Å²) >= 11 is 0. The third-order valence-corrected chi connectivity index (χ3v) is 3.97. The zero-order chi connectivity index (χ0) is 14.7. The minimum atomic E-state index is -4.35. The number of halogens is 3. The van der Waals surface area contributed by atoms with Crippen LogP contribution in [0.25, 0.3) is 0 Å². The number of rotatable bonds is 4. The summed E-state index contributed by atoms with van der Waals surface area (Å²) in [5.74, 6) is -0.461. The van der Waals surface area contributed by atoms with Crippen molar-refractivity contribution in [2.24, 2.45) is 0 Å². The molecule has 19 heavy (non-hydrogen) atoms. The maximum absolute atomic E-state index is 11.9.